The molecule has 1 amide bonds. The lowest BCUT2D eigenvalue weighted by atomic mass is 10.0. The maximum Gasteiger partial charge on any atom is 0.303 e. The van der Waals surface area contributed by atoms with Gasteiger partial charge in [-0.2, -0.15) is 0 Å². The molecular weight excluding hydrogens is 244 g/mol. The number of hydrogen-bond donors (Lipinski definition) is 2. The van der Waals surface area contributed by atoms with Crippen molar-refractivity contribution < 1.29 is 14.7 Å². The van der Waals surface area contributed by atoms with E-state index in [1.165, 1.54) is 0 Å². The van der Waals surface area contributed by atoms with Crippen LogP contribution in [0.1, 0.15) is 40.0 Å². The normalized spacial score (nSPS) is 14.5. The summed E-state index contributed by atoms with van der Waals surface area (Å²) >= 11 is 0. The van der Waals surface area contributed by atoms with Crippen molar-refractivity contribution >= 4 is 11.9 Å². The van der Waals surface area contributed by atoms with Crippen LogP contribution in [0.2, 0.25) is 0 Å². The molecule has 0 radical (unpaired) electrons. The fourth-order valence-corrected chi connectivity index (χ4v) is 2.01. The Kier molecular flexibility index (Phi) is 8.39. The third-order valence-electron chi connectivity index (χ3n) is 3.07. The lowest BCUT2D eigenvalue weighted by molar-refractivity contribution is -0.138. The monoisotopic (exact) mass is 272 g/mol. The van der Waals surface area contributed by atoms with Gasteiger partial charge in [-0.15, -0.1) is 0 Å². The van der Waals surface area contributed by atoms with E-state index in [1.54, 1.807) is 6.92 Å². The number of likely N-dealkylation sites (N-methyl/N-ethyl adjacent to an activating group) is 1. The average molecular weight is 272 g/mol. The summed E-state index contributed by atoms with van der Waals surface area (Å²) in [5.41, 5.74) is 0. The van der Waals surface area contributed by atoms with Crippen LogP contribution in [0.15, 0.2) is 0 Å². The Morgan fingerprint density at radius 1 is 1.16 bits per heavy atom. The van der Waals surface area contributed by atoms with E-state index >= 15 is 0 Å². The van der Waals surface area contributed by atoms with Crippen LogP contribution in [0.25, 0.3) is 0 Å². The summed E-state index contributed by atoms with van der Waals surface area (Å²) in [5.74, 6) is -0.466. The summed E-state index contributed by atoms with van der Waals surface area (Å²) in [7, 11) is 4.01. The van der Waals surface area contributed by atoms with Crippen molar-refractivity contribution in [3.05, 3.63) is 0 Å². The number of aliphatic carboxylic acids is 1. The number of carbonyl (C=O) groups excluding carboxylic acids is 1. The largest absolute Gasteiger partial charge is 0.481 e. The molecule has 0 bridgehead atoms. The van der Waals surface area contributed by atoms with Crippen molar-refractivity contribution in [3.63, 3.8) is 0 Å². The number of nitrogens with zero attached hydrogens (tertiary/aromatic N) is 1. The first-order valence-electron chi connectivity index (χ1n) is 6.87. The van der Waals surface area contributed by atoms with E-state index in [4.69, 9.17) is 5.11 Å². The molecule has 2 unspecified atom stereocenters. The van der Waals surface area contributed by atoms with E-state index in [0.29, 0.717) is 18.5 Å². The Labute approximate surface area is 116 Å². The van der Waals surface area contributed by atoms with E-state index in [-0.39, 0.29) is 24.7 Å². The maximum absolute atomic E-state index is 11.7. The Morgan fingerprint density at radius 2 is 1.74 bits per heavy atom. The number of amides is 1. The third kappa shape index (κ3) is 9.47. The van der Waals surface area contributed by atoms with Gasteiger partial charge in [-0.1, -0.05) is 20.8 Å². The van der Waals surface area contributed by atoms with Crippen molar-refractivity contribution in [2.24, 2.45) is 11.8 Å². The fourth-order valence-electron chi connectivity index (χ4n) is 2.01. The van der Waals surface area contributed by atoms with Gasteiger partial charge < -0.3 is 15.3 Å². The highest BCUT2D eigenvalue weighted by Gasteiger charge is 2.16. The van der Waals surface area contributed by atoms with E-state index in [1.807, 2.05) is 14.1 Å². The number of rotatable bonds is 9. The van der Waals surface area contributed by atoms with E-state index in [0.717, 1.165) is 6.42 Å². The zero-order valence-corrected chi connectivity index (χ0v) is 12.8. The van der Waals surface area contributed by atoms with Gasteiger partial charge in [0, 0.05) is 25.4 Å². The zero-order valence-electron chi connectivity index (χ0n) is 12.8. The highest BCUT2D eigenvalue weighted by molar-refractivity contribution is 5.77. The first-order chi connectivity index (χ1) is 8.72. The van der Waals surface area contributed by atoms with Gasteiger partial charge >= 0.3 is 5.97 Å². The first kappa shape index (κ1) is 17.9. The Balaban J connectivity index is 4.07. The van der Waals surface area contributed by atoms with Gasteiger partial charge in [-0.25, -0.2) is 0 Å². The van der Waals surface area contributed by atoms with Crippen LogP contribution in [0.5, 0.6) is 0 Å². The van der Waals surface area contributed by atoms with Crippen molar-refractivity contribution in [3.8, 4) is 0 Å². The number of hydrogen-bond acceptors (Lipinski definition) is 3. The fraction of sp³-hybridized carbons (Fsp3) is 0.857. The Morgan fingerprint density at radius 3 is 2.16 bits per heavy atom. The van der Waals surface area contributed by atoms with E-state index < -0.39 is 5.97 Å². The zero-order chi connectivity index (χ0) is 15.0. The molecule has 5 heteroatoms. The smallest absolute Gasteiger partial charge is 0.303 e. The SMILES string of the molecule is CC(C)CC(CNC(=O)CC(C)CC(=O)O)N(C)C. The van der Waals surface area contributed by atoms with Crippen LogP contribution in [0.4, 0.5) is 0 Å². The standard InChI is InChI=1S/C14H28N2O3/c1-10(2)6-12(16(4)5)9-15-13(17)7-11(3)8-14(18)19/h10-12H,6-9H2,1-5H3,(H,15,17)(H,18,19). The second kappa shape index (κ2) is 8.91. The quantitative estimate of drug-likeness (QED) is 0.668. The lowest BCUT2D eigenvalue weighted by Gasteiger charge is -2.26. The van der Waals surface area contributed by atoms with Gasteiger partial charge in [-0.3, -0.25) is 9.59 Å². The molecule has 0 saturated carbocycles. The van der Waals surface area contributed by atoms with Crippen LogP contribution < -0.4 is 5.32 Å². The van der Waals surface area contributed by atoms with Crippen molar-refractivity contribution in [2.75, 3.05) is 20.6 Å². The van der Waals surface area contributed by atoms with Crippen LogP contribution in [-0.2, 0) is 9.59 Å². The second-order valence-electron chi connectivity index (χ2n) is 5.96. The van der Waals surface area contributed by atoms with Gasteiger partial charge in [0.2, 0.25) is 5.91 Å². The molecule has 2 N–H and O–H groups in total. The molecule has 0 aromatic rings. The summed E-state index contributed by atoms with van der Waals surface area (Å²) in [6.07, 6.45) is 1.34. The topological polar surface area (TPSA) is 69.6 Å². The minimum Gasteiger partial charge on any atom is -0.481 e. The molecule has 0 saturated heterocycles. The molecule has 0 aromatic carbocycles. The van der Waals surface area contributed by atoms with Crippen LogP contribution in [0.3, 0.4) is 0 Å². The van der Waals surface area contributed by atoms with Gasteiger partial charge in [-0.05, 0) is 32.4 Å². The predicted molar refractivity (Wildman–Crippen MR) is 76.0 cm³/mol. The maximum atomic E-state index is 11.7. The van der Waals surface area contributed by atoms with Crippen LogP contribution in [0, 0.1) is 11.8 Å². The van der Waals surface area contributed by atoms with Gasteiger partial charge in [0.15, 0.2) is 0 Å². The van der Waals surface area contributed by atoms with Gasteiger partial charge in [0.25, 0.3) is 0 Å². The molecule has 0 spiro atoms. The minimum absolute atomic E-state index is 0.0382. The van der Waals surface area contributed by atoms with E-state index in [9.17, 15) is 9.59 Å². The molecule has 2 atom stereocenters. The Hall–Kier alpha value is -1.10. The minimum atomic E-state index is -0.855. The number of carboxylic acid groups (broad SMARTS) is 1. The van der Waals surface area contributed by atoms with Crippen molar-refractivity contribution in [2.45, 2.75) is 46.1 Å². The molecule has 0 fully saturated rings. The van der Waals surface area contributed by atoms with Gasteiger partial charge in [0.05, 0.1) is 0 Å². The molecule has 0 aliphatic heterocycles. The summed E-state index contributed by atoms with van der Waals surface area (Å²) in [4.78, 5) is 24.4. The van der Waals surface area contributed by atoms with Crippen molar-refractivity contribution in [1.82, 2.24) is 10.2 Å². The average Bonchev–Trinajstić information content (AvgIpc) is 2.21. The molecular formula is C14H28N2O3. The summed E-state index contributed by atoms with van der Waals surface area (Å²) in [6, 6.07) is 0.318. The number of carbonyl (C=O) groups is 2. The molecule has 112 valence electrons. The Bertz CT molecular complexity index is 290. The predicted octanol–water partition coefficient (Wildman–Crippen LogP) is 1.58. The molecule has 0 aliphatic rings. The summed E-state index contributed by atoms with van der Waals surface area (Å²) < 4.78 is 0. The number of nitrogens with one attached hydrogen (secondary N) is 1. The molecule has 19 heavy (non-hydrogen) atoms. The molecule has 0 aromatic heterocycles. The van der Waals surface area contributed by atoms with Crippen molar-refractivity contribution in [1.29, 1.82) is 0 Å². The lowest BCUT2D eigenvalue weighted by Crippen LogP contribution is -2.41. The highest BCUT2D eigenvalue weighted by Crippen LogP contribution is 2.09. The first-order valence-corrected chi connectivity index (χ1v) is 6.87. The summed E-state index contributed by atoms with van der Waals surface area (Å²) in [5, 5.41) is 11.5. The molecule has 0 aliphatic carbocycles. The molecule has 5 nitrogen and oxygen atoms in total. The summed E-state index contributed by atoms with van der Waals surface area (Å²) in [6.45, 7) is 6.72. The molecule has 0 heterocycles. The highest BCUT2D eigenvalue weighted by atomic mass is 16.4. The van der Waals surface area contributed by atoms with Crippen LogP contribution in [-0.4, -0.2) is 48.6 Å². The molecule has 0 rings (SSSR count). The number of carboxylic acids is 1. The second-order valence-corrected chi connectivity index (χ2v) is 5.96. The van der Waals surface area contributed by atoms with Crippen LogP contribution >= 0.6 is 0 Å². The van der Waals surface area contributed by atoms with E-state index in [2.05, 4.69) is 24.1 Å². The van der Waals surface area contributed by atoms with Gasteiger partial charge in [0.1, 0.15) is 0 Å². The third-order valence-corrected chi connectivity index (χ3v) is 3.07.